The van der Waals surface area contributed by atoms with Crippen molar-refractivity contribution in [2.75, 3.05) is 10.6 Å². The van der Waals surface area contributed by atoms with E-state index in [1.807, 2.05) is 0 Å². The van der Waals surface area contributed by atoms with E-state index in [9.17, 15) is 24.9 Å². The summed E-state index contributed by atoms with van der Waals surface area (Å²) in [5.74, 6) is -0.186. The molecule has 0 atom stereocenters. The summed E-state index contributed by atoms with van der Waals surface area (Å²) < 4.78 is 0. The van der Waals surface area contributed by atoms with Crippen LogP contribution in [0.5, 0.6) is 17.2 Å². The molecule has 8 nitrogen and oxygen atoms in total. The molecule has 0 saturated carbocycles. The zero-order valence-electron chi connectivity index (χ0n) is 15.6. The van der Waals surface area contributed by atoms with E-state index in [0.29, 0.717) is 22.5 Å². The summed E-state index contributed by atoms with van der Waals surface area (Å²) in [6.45, 7) is 0.121. The molecule has 0 aliphatic carbocycles. The second-order valence-corrected chi connectivity index (χ2v) is 6.69. The number of rotatable bonds is 6. The quantitative estimate of drug-likeness (QED) is 0.245. The normalized spacial score (nSPS) is 10.8. The maximum atomic E-state index is 12.1. The lowest BCUT2D eigenvalue weighted by Gasteiger charge is -2.16. The number of nitrogens with zero attached hydrogens (tertiary/aromatic N) is 1. The summed E-state index contributed by atoms with van der Waals surface area (Å²) in [7, 11) is 0. The van der Waals surface area contributed by atoms with Gasteiger partial charge >= 0.3 is 0 Å². The van der Waals surface area contributed by atoms with Gasteiger partial charge in [-0.05, 0) is 48.0 Å². The van der Waals surface area contributed by atoms with Crippen LogP contribution in [0.1, 0.15) is 5.56 Å². The van der Waals surface area contributed by atoms with Crippen LogP contribution in [0.3, 0.4) is 0 Å². The molecule has 5 N–H and O–H groups in total. The van der Waals surface area contributed by atoms with Crippen molar-refractivity contribution in [3.05, 3.63) is 86.8 Å². The van der Waals surface area contributed by atoms with Gasteiger partial charge in [0.05, 0.1) is 5.69 Å². The van der Waals surface area contributed by atoms with E-state index in [2.05, 4.69) is 15.6 Å². The number of hydrogen-bond acceptors (Lipinski definition) is 8. The maximum absolute atomic E-state index is 12.1. The number of hydrogen-bond donors (Lipinski definition) is 5. The SMILES string of the molecule is O=c1c(NCc2cc(O)cc(O)c2)c(Nc2ccc(O)c(-c3ccccn3)c2)c1=O. The van der Waals surface area contributed by atoms with E-state index in [4.69, 9.17) is 0 Å². The van der Waals surface area contributed by atoms with Crippen molar-refractivity contribution < 1.29 is 15.3 Å². The highest BCUT2D eigenvalue weighted by Gasteiger charge is 2.21. The van der Waals surface area contributed by atoms with Gasteiger partial charge in [-0.15, -0.1) is 0 Å². The summed E-state index contributed by atoms with van der Waals surface area (Å²) in [6.07, 6.45) is 1.60. The van der Waals surface area contributed by atoms with Gasteiger partial charge in [-0.1, -0.05) is 6.07 Å². The second kappa shape index (κ2) is 7.59. The van der Waals surface area contributed by atoms with Crippen molar-refractivity contribution in [1.29, 1.82) is 0 Å². The van der Waals surface area contributed by atoms with E-state index in [0.717, 1.165) is 0 Å². The van der Waals surface area contributed by atoms with Gasteiger partial charge in [-0.2, -0.15) is 0 Å². The van der Waals surface area contributed by atoms with E-state index in [1.54, 1.807) is 36.5 Å². The topological polar surface area (TPSA) is 132 Å². The summed E-state index contributed by atoms with van der Waals surface area (Å²) in [5.41, 5.74) is 0.952. The van der Waals surface area contributed by atoms with Crippen LogP contribution in [0, 0.1) is 0 Å². The predicted octanol–water partition coefficient (Wildman–Crippen LogP) is 2.82. The van der Waals surface area contributed by atoms with Gasteiger partial charge in [0, 0.05) is 30.1 Å². The Kier molecular flexibility index (Phi) is 4.81. The number of phenols is 3. The Morgan fingerprint density at radius 1 is 0.833 bits per heavy atom. The Bertz CT molecular complexity index is 1270. The number of aromatic nitrogens is 1. The van der Waals surface area contributed by atoms with Crippen LogP contribution in [0.15, 0.2) is 70.4 Å². The van der Waals surface area contributed by atoms with Crippen molar-refractivity contribution in [1.82, 2.24) is 4.98 Å². The fourth-order valence-electron chi connectivity index (χ4n) is 3.11. The molecular weight excluding hydrogens is 386 g/mol. The molecule has 3 aromatic carbocycles. The van der Waals surface area contributed by atoms with Crippen molar-refractivity contribution in [3.8, 4) is 28.5 Å². The summed E-state index contributed by atoms with van der Waals surface area (Å²) in [4.78, 5) is 28.3. The van der Waals surface area contributed by atoms with Crippen LogP contribution in [0.4, 0.5) is 17.1 Å². The fourth-order valence-corrected chi connectivity index (χ4v) is 3.11. The minimum absolute atomic E-state index is 0.0336. The lowest BCUT2D eigenvalue weighted by molar-refractivity contribution is 0.449. The molecule has 30 heavy (non-hydrogen) atoms. The third-order valence-corrected chi connectivity index (χ3v) is 4.55. The van der Waals surface area contributed by atoms with E-state index < -0.39 is 10.9 Å². The molecule has 0 amide bonds. The number of anilines is 3. The van der Waals surface area contributed by atoms with Crippen LogP contribution >= 0.6 is 0 Å². The molecule has 0 spiro atoms. The van der Waals surface area contributed by atoms with Crippen LogP contribution in [0.25, 0.3) is 11.3 Å². The molecule has 4 rings (SSSR count). The maximum Gasteiger partial charge on any atom is 0.253 e. The zero-order valence-corrected chi connectivity index (χ0v) is 15.6. The monoisotopic (exact) mass is 403 g/mol. The van der Waals surface area contributed by atoms with Crippen LogP contribution in [0.2, 0.25) is 0 Å². The van der Waals surface area contributed by atoms with E-state index >= 15 is 0 Å². The highest BCUT2D eigenvalue weighted by Crippen LogP contribution is 2.32. The zero-order chi connectivity index (χ0) is 21.3. The first-order valence-corrected chi connectivity index (χ1v) is 9.03. The van der Waals surface area contributed by atoms with Gasteiger partial charge in [-0.25, -0.2) is 0 Å². The number of nitrogens with one attached hydrogen (secondary N) is 2. The summed E-state index contributed by atoms with van der Waals surface area (Å²) in [6, 6.07) is 14.0. The van der Waals surface area contributed by atoms with Gasteiger partial charge in [0.15, 0.2) is 0 Å². The molecule has 0 radical (unpaired) electrons. The molecule has 0 bridgehead atoms. The summed E-state index contributed by atoms with van der Waals surface area (Å²) in [5, 5.41) is 35.0. The standard InChI is InChI=1S/C22H17N3O5/c26-14-7-12(8-15(27)10-14)11-24-19-20(22(30)21(19)29)25-13-4-5-18(28)16(9-13)17-3-1-2-6-23-17/h1-10,24-28H,11H2. The molecule has 4 aromatic rings. The Balaban J connectivity index is 1.57. The molecule has 1 heterocycles. The van der Waals surface area contributed by atoms with Crippen LogP contribution in [-0.2, 0) is 6.54 Å². The number of phenolic OH excluding ortho intramolecular Hbond substituents is 3. The average Bonchev–Trinajstić information content (AvgIpc) is 2.73. The third-order valence-electron chi connectivity index (χ3n) is 4.55. The molecule has 0 aliphatic heterocycles. The third kappa shape index (κ3) is 3.66. The lowest BCUT2D eigenvalue weighted by Crippen LogP contribution is -2.36. The van der Waals surface area contributed by atoms with Gasteiger partial charge in [0.2, 0.25) is 0 Å². The number of benzene rings is 2. The van der Waals surface area contributed by atoms with E-state index in [-0.39, 0.29) is 35.2 Å². The Morgan fingerprint density at radius 2 is 1.57 bits per heavy atom. The first kappa shape index (κ1) is 19.0. The first-order chi connectivity index (χ1) is 14.4. The Hall–Kier alpha value is -4.33. The summed E-state index contributed by atoms with van der Waals surface area (Å²) >= 11 is 0. The lowest BCUT2D eigenvalue weighted by atomic mass is 10.1. The van der Waals surface area contributed by atoms with Crippen molar-refractivity contribution in [2.45, 2.75) is 6.54 Å². The molecule has 1 aromatic heterocycles. The second-order valence-electron chi connectivity index (χ2n) is 6.69. The van der Waals surface area contributed by atoms with E-state index in [1.165, 1.54) is 24.3 Å². The predicted molar refractivity (Wildman–Crippen MR) is 113 cm³/mol. The van der Waals surface area contributed by atoms with Crippen LogP contribution in [-0.4, -0.2) is 20.3 Å². The number of aromatic hydroxyl groups is 3. The van der Waals surface area contributed by atoms with Gasteiger partial charge < -0.3 is 26.0 Å². The molecule has 0 unspecified atom stereocenters. The molecule has 150 valence electrons. The fraction of sp³-hybridized carbons (Fsp3) is 0.0455. The van der Waals surface area contributed by atoms with Gasteiger partial charge in [0.25, 0.3) is 10.9 Å². The van der Waals surface area contributed by atoms with Crippen molar-refractivity contribution in [2.24, 2.45) is 0 Å². The van der Waals surface area contributed by atoms with Crippen LogP contribution < -0.4 is 21.5 Å². The smallest absolute Gasteiger partial charge is 0.253 e. The Labute approximate surface area is 170 Å². The molecule has 0 saturated heterocycles. The largest absolute Gasteiger partial charge is 0.508 e. The molecule has 0 aliphatic rings. The van der Waals surface area contributed by atoms with Crippen molar-refractivity contribution >= 4 is 17.1 Å². The first-order valence-electron chi connectivity index (χ1n) is 9.03. The molecule has 8 heteroatoms. The minimum Gasteiger partial charge on any atom is -0.508 e. The highest BCUT2D eigenvalue weighted by molar-refractivity contribution is 5.81. The van der Waals surface area contributed by atoms with Gasteiger partial charge in [-0.3, -0.25) is 14.6 Å². The van der Waals surface area contributed by atoms with Gasteiger partial charge in [0.1, 0.15) is 28.6 Å². The number of pyridine rings is 1. The molecule has 0 fully saturated rings. The van der Waals surface area contributed by atoms with Crippen molar-refractivity contribution in [3.63, 3.8) is 0 Å². The average molecular weight is 403 g/mol. The highest BCUT2D eigenvalue weighted by atomic mass is 16.3. The minimum atomic E-state index is -0.663. The molecular formula is C22H17N3O5. The Morgan fingerprint density at radius 3 is 2.27 bits per heavy atom.